The van der Waals surface area contributed by atoms with Gasteiger partial charge in [-0.1, -0.05) is 17.7 Å². The molecule has 1 N–H and O–H groups in total. The standard InChI is InChI=1S/C24H24ClN3OS/c25-18-4-3-17(23-28-22-20(30-23)2-1-5-26-22)9-19(18)27-21(29)13-24-10-14-6-15(11-24)8-16(7-14)12-24/h1-5,9,14-16H,6-8,10-13H2,(H,27,29). The molecule has 1 aromatic carbocycles. The van der Waals surface area contributed by atoms with Gasteiger partial charge in [0.2, 0.25) is 5.91 Å². The zero-order valence-corrected chi connectivity index (χ0v) is 18.3. The van der Waals surface area contributed by atoms with E-state index in [0.29, 0.717) is 17.1 Å². The van der Waals surface area contributed by atoms with Gasteiger partial charge in [0.25, 0.3) is 0 Å². The quantitative estimate of drug-likeness (QED) is 0.503. The van der Waals surface area contributed by atoms with E-state index in [0.717, 1.165) is 38.7 Å². The first-order valence-electron chi connectivity index (χ1n) is 10.9. The molecule has 0 saturated heterocycles. The number of anilines is 1. The number of aromatic nitrogens is 2. The Morgan fingerprint density at radius 1 is 1.13 bits per heavy atom. The molecule has 0 aliphatic heterocycles. The smallest absolute Gasteiger partial charge is 0.224 e. The molecule has 4 saturated carbocycles. The number of fused-ring (bicyclic) bond motifs is 1. The van der Waals surface area contributed by atoms with Crippen LogP contribution in [0, 0.1) is 23.2 Å². The normalized spacial score (nSPS) is 29.4. The molecule has 154 valence electrons. The lowest BCUT2D eigenvalue weighted by Gasteiger charge is -2.56. The molecule has 2 heterocycles. The molecule has 0 unspecified atom stereocenters. The van der Waals surface area contributed by atoms with Crippen molar-refractivity contribution < 1.29 is 4.79 Å². The third-order valence-corrected chi connectivity index (χ3v) is 8.74. The summed E-state index contributed by atoms with van der Waals surface area (Å²) in [5.74, 6) is 2.65. The Balaban J connectivity index is 1.22. The maximum Gasteiger partial charge on any atom is 0.224 e. The van der Waals surface area contributed by atoms with Crippen LogP contribution in [0.25, 0.3) is 20.9 Å². The van der Waals surface area contributed by atoms with Crippen LogP contribution in [0.3, 0.4) is 0 Å². The lowest BCUT2D eigenvalue weighted by Crippen LogP contribution is -2.47. The Morgan fingerprint density at radius 2 is 1.87 bits per heavy atom. The number of rotatable bonds is 4. The zero-order chi connectivity index (χ0) is 20.3. The number of hydrogen-bond donors (Lipinski definition) is 1. The molecule has 3 aromatic rings. The lowest BCUT2D eigenvalue weighted by atomic mass is 9.49. The van der Waals surface area contributed by atoms with Gasteiger partial charge in [-0.2, -0.15) is 0 Å². The number of nitrogens with zero attached hydrogens (tertiary/aromatic N) is 2. The van der Waals surface area contributed by atoms with E-state index < -0.39 is 0 Å². The topological polar surface area (TPSA) is 54.9 Å². The summed E-state index contributed by atoms with van der Waals surface area (Å²) in [6.07, 6.45) is 10.3. The summed E-state index contributed by atoms with van der Waals surface area (Å²) in [4.78, 5) is 22.0. The van der Waals surface area contributed by atoms with Crippen LogP contribution in [0.1, 0.15) is 44.9 Å². The summed E-state index contributed by atoms with van der Waals surface area (Å²) in [6, 6.07) is 9.68. The number of benzene rings is 1. The average molecular weight is 438 g/mol. The number of pyridine rings is 1. The molecule has 4 nitrogen and oxygen atoms in total. The first kappa shape index (κ1) is 18.8. The summed E-state index contributed by atoms with van der Waals surface area (Å²) < 4.78 is 1.05. The Labute approximate surface area is 185 Å². The third-order valence-electron chi connectivity index (χ3n) is 7.35. The molecule has 4 bridgehead atoms. The minimum Gasteiger partial charge on any atom is -0.325 e. The molecule has 30 heavy (non-hydrogen) atoms. The summed E-state index contributed by atoms with van der Waals surface area (Å²) in [5.41, 5.74) is 2.60. The number of thiazole rings is 1. The van der Waals surface area contributed by atoms with Gasteiger partial charge in [-0.25, -0.2) is 9.97 Å². The molecule has 4 aliphatic carbocycles. The number of hydrogen-bond acceptors (Lipinski definition) is 4. The van der Waals surface area contributed by atoms with Crippen molar-refractivity contribution in [1.82, 2.24) is 9.97 Å². The Bertz CT molecular complexity index is 1070. The second-order valence-electron chi connectivity index (χ2n) is 9.68. The highest BCUT2D eigenvalue weighted by Gasteiger charge is 2.51. The summed E-state index contributed by atoms with van der Waals surface area (Å²) in [6.45, 7) is 0. The van der Waals surface area contributed by atoms with Crippen LogP contribution in [0.4, 0.5) is 5.69 Å². The monoisotopic (exact) mass is 437 g/mol. The molecule has 0 radical (unpaired) electrons. The molecular weight excluding hydrogens is 414 g/mol. The maximum absolute atomic E-state index is 13.0. The Kier molecular flexibility index (Phi) is 4.40. The van der Waals surface area contributed by atoms with Crippen molar-refractivity contribution in [2.24, 2.45) is 23.2 Å². The lowest BCUT2D eigenvalue weighted by molar-refractivity contribution is -0.124. The van der Waals surface area contributed by atoms with Crippen molar-refractivity contribution in [2.75, 3.05) is 5.32 Å². The number of nitrogens with one attached hydrogen (secondary N) is 1. The first-order valence-corrected chi connectivity index (χ1v) is 12.1. The second-order valence-corrected chi connectivity index (χ2v) is 11.1. The molecule has 4 fully saturated rings. The minimum atomic E-state index is 0.0990. The van der Waals surface area contributed by atoms with Gasteiger partial charge >= 0.3 is 0 Å². The molecule has 0 atom stereocenters. The van der Waals surface area contributed by atoms with E-state index in [4.69, 9.17) is 11.6 Å². The van der Waals surface area contributed by atoms with Crippen molar-refractivity contribution >= 4 is 44.9 Å². The molecule has 6 heteroatoms. The number of carbonyl (C=O) groups excluding carboxylic acids is 1. The fourth-order valence-electron chi connectivity index (χ4n) is 6.69. The highest BCUT2D eigenvalue weighted by molar-refractivity contribution is 7.21. The van der Waals surface area contributed by atoms with Crippen molar-refractivity contribution in [3.63, 3.8) is 0 Å². The van der Waals surface area contributed by atoms with Gasteiger partial charge in [0.15, 0.2) is 5.65 Å². The van der Waals surface area contributed by atoms with Crippen molar-refractivity contribution in [2.45, 2.75) is 44.9 Å². The van der Waals surface area contributed by atoms with Crippen molar-refractivity contribution in [1.29, 1.82) is 0 Å². The van der Waals surface area contributed by atoms with E-state index in [1.165, 1.54) is 38.5 Å². The fourth-order valence-corrected chi connectivity index (χ4v) is 7.77. The fraction of sp³-hybridized carbons (Fsp3) is 0.458. The Morgan fingerprint density at radius 3 is 2.57 bits per heavy atom. The molecule has 7 rings (SSSR count). The van der Waals surface area contributed by atoms with E-state index in [9.17, 15) is 4.79 Å². The van der Waals surface area contributed by atoms with Crippen LogP contribution >= 0.6 is 22.9 Å². The van der Waals surface area contributed by atoms with Gasteiger partial charge in [-0.15, -0.1) is 11.3 Å². The zero-order valence-electron chi connectivity index (χ0n) is 16.7. The molecule has 0 spiro atoms. The molecular formula is C24H24ClN3OS. The van der Waals surface area contributed by atoms with Gasteiger partial charge < -0.3 is 5.32 Å². The van der Waals surface area contributed by atoms with E-state index >= 15 is 0 Å². The van der Waals surface area contributed by atoms with Crippen LogP contribution in [-0.2, 0) is 4.79 Å². The van der Waals surface area contributed by atoms with Crippen LogP contribution in [-0.4, -0.2) is 15.9 Å². The van der Waals surface area contributed by atoms with E-state index in [1.807, 2.05) is 30.3 Å². The largest absolute Gasteiger partial charge is 0.325 e. The van der Waals surface area contributed by atoms with Crippen LogP contribution in [0.2, 0.25) is 5.02 Å². The number of carbonyl (C=O) groups is 1. The van der Waals surface area contributed by atoms with Gasteiger partial charge in [0.1, 0.15) is 5.01 Å². The number of halogens is 1. The van der Waals surface area contributed by atoms with Gasteiger partial charge in [-0.05, 0) is 86.0 Å². The van der Waals surface area contributed by atoms with E-state index in [1.54, 1.807) is 17.5 Å². The minimum absolute atomic E-state index is 0.0990. The maximum atomic E-state index is 13.0. The van der Waals surface area contributed by atoms with Crippen molar-refractivity contribution in [3.8, 4) is 10.6 Å². The van der Waals surface area contributed by atoms with Crippen LogP contribution in [0.15, 0.2) is 36.5 Å². The predicted molar refractivity (Wildman–Crippen MR) is 122 cm³/mol. The first-order chi connectivity index (χ1) is 14.6. The van der Waals surface area contributed by atoms with E-state index in [2.05, 4.69) is 15.3 Å². The van der Waals surface area contributed by atoms with Gasteiger partial charge in [0.05, 0.1) is 15.4 Å². The Hall–Kier alpha value is -1.98. The van der Waals surface area contributed by atoms with Crippen molar-refractivity contribution in [3.05, 3.63) is 41.6 Å². The predicted octanol–water partition coefficient (Wildman–Crippen LogP) is 6.56. The summed E-state index contributed by atoms with van der Waals surface area (Å²) >= 11 is 8.04. The van der Waals surface area contributed by atoms with Crippen LogP contribution in [0.5, 0.6) is 0 Å². The molecule has 1 amide bonds. The van der Waals surface area contributed by atoms with Gasteiger partial charge in [0, 0.05) is 18.2 Å². The number of amides is 1. The summed E-state index contributed by atoms with van der Waals surface area (Å²) in [5, 5.41) is 4.57. The second kappa shape index (κ2) is 7.03. The van der Waals surface area contributed by atoms with Crippen LogP contribution < -0.4 is 5.32 Å². The average Bonchev–Trinajstić information content (AvgIpc) is 3.12. The van der Waals surface area contributed by atoms with E-state index in [-0.39, 0.29) is 11.3 Å². The highest BCUT2D eigenvalue weighted by atomic mass is 35.5. The SMILES string of the molecule is O=C(CC12CC3CC(CC(C3)C1)C2)Nc1cc(-c2nc3ncccc3s2)ccc1Cl. The molecule has 4 aliphatic rings. The summed E-state index contributed by atoms with van der Waals surface area (Å²) in [7, 11) is 0. The van der Waals surface area contributed by atoms with Gasteiger partial charge in [-0.3, -0.25) is 4.79 Å². The highest BCUT2D eigenvalue weighted by Crippen LogP contribution is 2.61. The third kappa shape index (κ3) is 3.32. The molecule has 2 aromatic heterocycles.